The predicted octanol–water partition coefficient (Wildman–Crippen LogP) is 6.22. The third-order valence-electron chi connectivity index (χ3n) is 10.8. The van der Waals surface area contributed by atoms with Crippen LogP contribution in [-0.4, -0.2) is 93.1 Å². The Bertz CT molecular complexity index is 1970. The third-order valence-corrected chi connectivity index (χ3v) is 10.8. The van der Waals surface area contributed by atoms with Crippen molar-refractivity contribution in [3.05, 3.63) is 71.4 Å². The van der Waals surface area contributed by atoms with Crippen LogP contribution in [0.5, 0.6) is 0 Å². The van der Waals surface area contributed by atoms with Crippen molar-refractivity contribution in [2.75, 3.05) is 27.3 Å². The monoisotopic (exact) mass is 754 g/mol. The maximum absolute atomic E-state index is 13.6. The van der Waals surface area contributed by atoms with Crippen LogP contribution in [0.15, 0.2) is 48.7 Å². The van der Waals surface area contributed by atoms with E-state index < -0.39 is 24.3 Å². The molecule has 6 rings (SSSR count). The lowest BCUT2D eigenvalue weighted by molar-refractivity contribution is -0.136. The first kappa shape index (κ1) is 39.3. The number of imidazole rings is 2. The molecule has 0 aliphatic carbocycles. The van der Waals surface area contributed by atoms with Crippen molar-refractivity contribution >= 4 is 35.0 Å². The van der Waals surface area contributed by atoms with Crippen LogP contribution in [0, 0.1) is 11.8 Å². The molecule has 4 heterocycles. The zero-order valence-corrected chi connectivity index (χ0v) is 32.7. The standard InChI is InChI=1S/C41H54N8O6/c1-24(2)34(46-40(52)54-5)38(50)48-20-8-12-32(48)36-42-23-31(45-36)28-17-14-26(15-18-28)10-7-11-27-16-19-29-30(22-27)44-37(43-29)33-13-9-21-49(33)39(51)35(25(3)4)47-41(53)55-6/h14-19,22-25,32-35H,7-13,20-21H2,1-6H3,(H,42,45)(H,43,44)(H,46,52)(H,47,53)/t32-,33-,34+,35+/m1/s1. The fourth-order valence-corrected chi connectivity index (χ4v) is 7.78. The van der Waals surface area contributed by atoms with Gasteiger partial charge in [0.1, 0.15) is 23.7 Å². The average molecular weight is 755 g/mol. The number of aromatic nitrogens is 4. The van der Waals surface area contributed by atoms with E-state index in [1.165, 1.54) is 25.3 Å². The van der Waals surface area contributed by atoms with E-state index in [1.807, 2.05) is 49.8 Å². The van der Waals surface area contributed by atoms with Crippen LogP contribution in [-0.2, 0) is 31.9 Å². The normalized spacial score (nSPS) is 18.2. The summed E-state index contributed by atoms with van der Waals surface area (Å²) in [5.74, 6) is 1.07. The number of hydrogen-bond acceptors (Lipinski definition) is 8. The van der Waals surface area contributed by atoms with Gasteiger partial charge in [-0.15, -0.1) is 0 Å². The molecule has 14 heteroatoms. The third kappa shape index (κ3) is 8.95. The van der Waals surface area contributed by atoms with E-state index in [1.54, 1.807) is 0 Å². The molecule has 0 spiro atoms. The predicted molar refractivity (Wildman–Crippen MR) is 208 cm³/mol. The highest BCUT2D eigenvalue weighted by molar-refractivity contribution is 5.87. The Hall–Kier alpha value is -5.40. The van der Waals surface area contributed by atoms with Gasteiger partial charge in [-0.3, -0.25) is 9.59 Å². The molecule has 4 amide bonds. The first-order valence-electron chi connectivity index (χ1n) is 19.4. The zero-order valence-electron chi connectivity index (χ0n) is 32.7. The number of hydrogen-bond donors (Lipinski definition) is 4. The number of nitrogens with zero attached hydrogens (tertiary/aromatic N) is 4. The fourth-order valence-electron chi connectivity index (χ4n) is 7.78. The number of carbonyl (C=O) groups excluding carboxylic acids is 4. The maximum atomic E-state index is 13.6. The SMILES string of the molecule is COC(=O)N[C@H](C(=O)N1CCC[C@@H]1c1ncc(-c2ccc(CCCc3ccc4nc([C@H]5CCCN5C(=O)[C@@H](NC(=O)OC)C(C)C)[nH]c4c3)cc2)[nH]1)C(C)C. The van der Waals surface area contributed by atoms with Gasteiger partial charge in [0.15, 0.2) is 0 Å². The minimum Gasteiger partial charge on any atom is -0.453 e. The molecule has 2 saturated heterocycles. The summed E-state index contributed by atoms with van der Waals surface area (Å²) in [6.07, 6.45) is 6.72. The van der Waals surface area contributed by atoms with Crippen molar-refractivity contribution in [1.82, 2.24) is 40.4 Å². The lowest BCUT2D eigenvalue weighted by Crippen LogP contribution is -2.51. The highest BCUT2D eigenvalue weighted by Crippen LogP contribution is 2.34. The van der Waals surface area contributed by atoms with Gasteiger partial charge in [0.2, 0.25) is 11.8 Å². The Morgan fingerprint density at radius 3 is 1.87 bits per heavy atom. The van der Waals surface area contributed by atoms with Gasteiger partial charge in [-0.2, -0.15) is 0 Å². The van der Waals surface area contributed by atoms with E-state index in [9.17, 15) is 19.2 Å². The van der Waals surface area contributed by atoms with Crippen LogP contribution in [0.3, 0.4) is 0 Å². The summed E-state index contributed by atoms with van der Waals surface area (Å²) in [5, 5.41) is 5.40. The number of rotatable bonds is 13. The van der Waals surface area contributed by atoms with Gasteiger partial charge in [-0.1, -0.05) is 58.0 Å². The number of carbonyl (C=O) groups is 4. The fraction of sp³-hybridized carbons (Fsp3) is 0.512. The van der Waals surface area contributed by atoms with Crippen LogP contribution in [0.1, 0.15) is 94.7 Å². The molecule has 2 aromatic carbocycles. The van der Waals surface area contributed by atoms with Crippen molar-refractivity contribution in [3.63, 3.8) is 0 Å². The highest BCUT2D eigenvalue weighted by atomic mass is 16.5. The Morgan fingerprint density at radius 1 is 0.764 bits per heavy atom. The Labute approximate surface area is 322 Å². The van der Waals surface area contributed by atoms with E-state index >= 15 is 0 Å². The first-order chi connectivity index (χ1) is 26.5. The summed E-state index contributed by atoms with van der Waals surface area (Å²) in [5.41, 5.74) is 6.19. The van der Waals surface area contributed by atoms with Crippen molar-refractivity contribution in [1.29, 1.82) is 0 Å². The number of methoxy groups -OCH3 is 2. The van der Waals surface area contributed by atoms with E-state index in [0.29, 0.717) is 13.1 Å². The summed E-state index contributed by atoms with van der Waals surface area (Å²) >= 11 is 0. The maximum Gasteiger partial charge on any atom is 0.407 e. The van der Waals surface area contributed by atoms with Gasteiger partial charge in [-0.25, -0.2) is 19.6 Å². The molecule has 4 N–H and O–H groups in total. The molecular weight excluding hydrogens is 701 g/mol. The molecular formula is C41H54N8O6. The smallest absolute Gasteiger partial charge is 0.407 e. The second kappa shape index (κ2) is 17.4. The number of H-pyrrole nitrogens is 2. The van der Waals surface area contributed by atoms with E-state index in [4.69, 9.17) is 14.5 Å². The van der Waals surface area contributed by atoms with Crippen LogP contribution in [0.25, 0.3) is 22.3 Å². The van der Waals surface area contributed by atoms with Crippen LogP contribution < -0.4 is 10.6 Å². The second-order valence-corrected chi connectivity index (χ2v) is 15.3. The number of nitrogens with one attached hydrogen (secondary N) is 4. The van der Waals surface area contributed by atoms with Gasteiger partial charge < -0.3 is 39.9 Å². The number of aromatic amines is 2. The summed E-state index contributed by atoms with van der Waals surface area (Å²) in [4.78, 5) is 71.1. The van der Waals surface area contributed by atoms with Crippen molar-refractivity contribution in [2.45, 2.75) is 96.8 Å². The quantitative estimate of drug-likeness (QED) is 0.125. The number of likely N-dealkylation sites (tertiary alicyclic amines) is 2. The average Bonchev–Trinajstić information content (AvgIpc) is 4.01. The molecule has 0 unspecified atom stereocenters. The number of benzene rings is 2. The molecule has 55 heavy (non-hydrogen) atoms. The van der Waals surface area contributed by atoms with Crippen molar-refractivity contribution < 1.29 is 28.7 Å². The number of aryl methyl sites for hydroxylation is 2. The Balaban J connectivity index is 1.04. The minimum atomic E-state index is -0.675. The van der Waals surface area contributed by atoms with Crippen LogP contribution in [0.4, 0.5) is 9.59 Å². The van der Waals surface area contributed by atoms with Gasteiger partial charge in [0, 0.05) is 13.1 Å². The lowest BCUT2D eigenvalue weighted by Gasteiger charge is -2.30. The lowest BCUT2D eigenvalue weighted by atomic mass is 10.0. The summed E-state index contributed by atoms with van der Waals surface area (Å²) < 4.78 is 9.51. The molecule has 2 aromatic heterocycles. The summed E-state index contributed by atoms with van der Waals surface area (Å²) in [7, 11) is 2.59. The molecule has 294 valence electrons. The highest BCUT2D eigenvalue weighted by Gasteiger charge is 2.39. The number of ether oxygens (including phenoxy) is 2. The molecule has 0 radical (unpaired) electrons. The molecule has 2 fully saturated rings. The topological polar surface area (TPSA) is 175 Å². The van der Waals surface area contributed by atoms with E-state index in [0.717, 1.165) is 78.9 Å². The molecule has 2 aliphatic heterocycles. The molecule has 4 aromatic rings. The first-order valence-corrected chi connectivity index (χ1v) is 19.4. The van der Waals surface area contributed by atoms with Gasteiger partial charge in [0.25, 0.3) is 0 Å². The zero-order chi connectivity index (χ0) is 39.2. The number of alkyl carbamates (subject to hydrolysis) is 2. The largest absolute Gasteiger partial charge is 0.453 e. The van der Waals surface area contributed by atoms with Gasteiger partial charge in [-0.05, 0) is 85.6 Å². The molecule has 4 atom stereocenters. The Morgan fingerprint density at radius 2 is 1.31 bits per heavy atom. The molecule has 0 saturated carbocycles. The Kier molecular flexibility index (Phi) is 12.4. The van der Waals surface area contributed by atoms with Gasteiger partial charge in [0.05, 0.1) is 49.2 Å². The minimum absolute atomic E-state index is 0.0924. The van der Waals surface area contributed by atoms with E-state index in [2.05, 4.69) is 62.0 Å². The van der Waals surface area contributed by atoms with E-state index in [-0.39, 0.29) is 35.7 Å². The summed E-state index contributed by atoms with van der Waals surface area (Å²) in [6, 6.07) is 13.1. The summed E-state index contributed by atoms with van der Waals surface area (Å²) in [6.45, 7) is 8.85. The van der Waals surface area contributed by atoms with Crippen molar-refractivity contribution in [2.24, 2.45) is 11.8 Å². The number of amides is 4. The molecule has 14 nitrogen and oxygen atoms in total. The molecule has 2 aliphatic rings. The molecule has 0 bridgehead atoms. The van der Waals surface area contributed by atoms with Gasteiger partial charge >= 0.3 is 12.2 Å². The van der Waals surface area contributed by atoms with Crippen molar-refractivity contribution in [3.8, 4) is 11.3 Å². The van der Waals surface area contributed by atoms with Crippen LogP contribution >= 0.6 is 0 Å². The number of fused-ring (bicyclic) bond motifs is 1. The van der Waals surface area contributed by atoms with Crippen LogP contribution in [0.2, 0.25) is 0 Å². The second-order valence-electron chi connectivity index (χ2n) is 15.3.